The van der Waals surface area contributed by atoms with Gasteiger partial charge >= 0.3 is 6.18 Å². The van der Waals surface area contributed by atoms with Crippen molar-refractivity contribution in [2.45, 2.75) is 32.0 Å². The summed E-state index contributed by atoms with van der Waals surface area (Å²) in [6.07, 6.45) is -1.21. The van der Waals surface area contributed by atoms with Crippen LogP contribution in [0.3, 0.4) is 0 Å². The molecule has 2 aromatic rings. The highest BCUT2D eigenvalue weighted by atomic mass is 32.1. The summed E-state index contributed by atoms with van der Waals surface area (Å²) < 4.78 is 37.7. The Kier molecular flexibility index (Phi) is 6.53. The van der Waals surface area contributed by atoms with E-state index in [1.165, 1.54) is 12.8 Å². The SMILES string of the molecule is CN=C(NCCc1csc(N2CCCC2)n1)NCc1nc(C(F)(F)F)cs1. The van der Waals surface area contributed by atoms with Crippen molar-refractivity contribution in [2.24, 2.45) is 4.99 Å². The zero-order valence-corrected chi connectivity index (χ0v) is 16.5. The highest BCUT2D eigenvalue weighted by Crippen LogP contribution is 2.30. The van der Waals surface area contributed by atoms with Crippen LogP contribution in [0.4, 0.5) is 18.3 Å². The van der Waals surface area contributed by atoms with E-state index in [1.54, 1.807) is 18.4 Å². The largest absolute Gasteiger partial charge is 0.434 e. The van der Waals surface area contributed by atoms with Gasteiger partial charge in [0.25, 0.3) is 0 Å². The second-order valence-electron chi connectivity index (χ2n) is 6.04. The second-order valence-corrected chi connectivity index (χ2v) is 7.82. The Bertz CT molecular complexity index is 764. The molecule has 0 aliphatic carbocycles. The van der Waals surface area contributed by atoms with Crippen molar-refractivity contribution >= 4 is 33.8 Å². The first-order valence-electron chi connectivity index (χ1n) is 8.61. The van der Waals surface area contributed by atoms with Crippen molar-refractivity contribution in [3.05, 3.63) is 27.2 Å². The smallest absolute Gasteiger partial charge is 0.356 e. The molecule has 2 N–H and O–H groups in total. The molecule has 0 aromatic carbocycles. The minimum absolute atomic E-state index is 0.191. The summed E-state index contributed by atoms with van der Waals surface area (Å²) in [6.45, 7) is 2.98. The van der Waals surface area contributed by atoms with Crippen molar-refractivity contribution in [1.82, 2.24) is 20.6 Å². The Morgan fingerprint density at radius 2 is 1.96 bits per heavy atom. The molecule has 148 valence electrons. The number of alkyl halides is 3. The lowest BCUT2D eigenvalue weighted by Crippen LogP contribution is -2.37. The van der Waals surface area contributed by atoms with Crippen LogP contribution >= 0.6 is 22.7 Å². The predicted molar refractivity (Wildman–Crippen MR) is 103 cm³/mol. The molecule has 0 amide bonds. The van der Waals surface area contributed by atoms with Gasteiger partial charge in [0.2, 0.25) is 0 Å². The third kappa shape index (κ3) is 5.55. The van der Waals surface area contributed by atoms with Gasteiger partial charge in [0, 0.05) is 43.9 Å². The number of hydrogen-bond acceptors (Lipinski definition) is 6. The lowest BCUT2D eigenvalue weighted by atomic mass is 10.3. The molecule has 1 aliphatic rings. The number of guanidine groups is 1. The minimum atomic E-state index is -4.41. The first kappa shape index (κ1) is 19.9. The third-order valence-corrected chi connectivity index (χ3v) is 5.86. The maximum atomic E-state index is 12.6. The van der Waals surface area contributed by atoms with Crippen molar-refractivity contribution in [1.29, 1.82) is 0 Å². The molecule has 27 heavy (non-hydrogen) atoms. The molecule has 0 bridgehead atoms. The van der Waals surface area contributed by atoms with E-state index in [4.69, 9.17) is 0 Å². The van der Waals surface area contributed by atoms with Crippen LogP contribution in [0.1, 0.15) is 29.2 Å². The molecule has 2 aromatic heterocycles. The molecule has 0 radical (unpaired) electrons. The molecule has 6 nitrogen and oxygen atoms in total. The monoisotopic (exact) mass is 418 g/mol. The number of anilines is 1. The summed E-state index contributed by atoms with van der Waals surface area (Å²) in [5.74, 6) is 0.522. The van der Waals surface area contributed by atoms with E-state index in [-0.39, 0.29) is 6.54 Å². The van der Waals surface area contributed by atoms with Gasteiger partial charge in [-0.3, -0.25) is 4.99 Å². The lowest BCUT2D eigenvalue weighted by molar-refractivity contribution is -0.140. The quantitative estimate of drug-likeness (QED) is 0.557. The van der Waals surface area contributed by atoms with Crippen molar-refractivity contribution in [3.63, 3.8) is 0 Å². The molecule has 1 aliphatic heterocycles. The highest BCUT2D eigenvalue weighted by Gasteiger charge is 2.33. The number of thiazole rings is 2. The molecular weight excluding hydrogens is 397 g/mol. The third-order valence-electron chi connectivity index (χ3n) is 4.06. The zero-order chi connectivity index (χ0) is 19.3. The average Bonchev–Trinajstić information content (AvgIpc) is 3.38. The van der Waals surface area contributed by atoms with E-state index in [0.717, 1.165) is 47.1 Å². The highest BCUT2D eigenvalue weighted by molar-refractivity contribution is 7.13. The maximum absolute atomic E-state index is 12.6. The van der Waals surface area contributed by atoms with Gasteiger partial charge in [-0.05, 0) is 12.8 Å². The fourth-order valence-electron chi connectivity index (χ4n) is 2.68. The van der Waals surface area contributed by atoms with Crippen LogP contribution in [0.5, 0.6) is 0 Å². The summed E-state index contributed by atoms with van der Waals surface area (Å²) >= 11 is 2.64. The molecule has 1 saturated heterocycles. The van der Waals surface area contributed by atoms with Crippen molar-refractivity contribution < 1.29 is 13.2 Å². The van der Waals surface area contributed by atoms with Gasteiger partial charge in [0.05, 0.1) is 12.2 Å². The number of aromatic nitrogens is 2. The summed E-state index contributed by atoms with van der Waals surface area (Å²) in [4.78, 5) is 14.6. The number of rotatable bonds is 6. The molecule has 0 unspecified atom stereocenters. The molecule has 1 fully saturated rings. The van der Waals surface area contributed by atoms with E-state index in [0.29, 0.717) is 17.5 Å². The Balaban J connectivity index is 1.42. The molecule has 0 spiro atoms. The van der Waals surface area contributed by atoms with E-state index in [1.807, 2.05) is 0 Å². The van der Waals surface area contributed by atoms with Gasteiger partial charge in [-0.25, -0.2) is 9.97 Å². The zero-order valence-electron chi connectivity index (χ0n) is 14.8. The average molecular weight is 419 g/mol. The summed E-state index contributed by atoms with van der Waals surface area (Å²) in [6, 6.07) is 0. The molecule has 11 heteroatoms. The molecule has 3 heterocycles. The summed E-state index contributed by atoms with van der Waals surface area (Å²) in [5, 5.41) is 10.7. The summed E-state index contributed by atoms with van der Waals surface area (Å²) in [5.41, 5.74) is 0.171. The van der Waals surface area contributed by atoms with E-state index in [2.05, 4.69) is 35.9 Å². The Labute approximate surface area is 163 Å². The van der Waals surface area contributed by atoms with Crippen LogP contribution < -0.4 is 15.5 Å². The van der Waals surface area contributed by atoms with Crippen LogP contribution in [-0.4, -0.2) is 42.6 Å². The van der Waals surface area contributed by atoms with Crippen LogP contribution in [-0.2, 0) is 19.1 Å². The standard InChI is InChI=1S/C16H21F3N6S2/c1-20-14(22-8-13-24-12(10-26-13)16(17,18)19)21-5-4-11-9-27-15(23-11)25-6-2-3-7-25/h9-10H,2-8H2,1H3,(H2,20,21,22). The number of nitrogens with one attached hydrogen (secondary N) is 2. The van der Waals surface area contributed by atoms with Crippen LogP contribution in [0, 0.1) is 0 Å². The van der Waals surface area contributed by atoms with E-state index >= 15 is 0 Å². The maximum Gasteiger partial charge on any atom is 0.434 e. The number of halogens is 3. The van der Waals surface area contributed by atoms with Crippen LogP contribution in [0.15, 0.2) is 15.8 Å². The van der Waals surface area contributed by atoms with Crippen LogP contribution in [0.25, 0.3) is 0 Å². The van der Waals surface area contributed by atoms with Gasteiger partial charge in [-0.1, -0.05) is 0 Å². The van der Waals surface area contributed by atoms with Crippen molar-refractivity contribution in [2.75, 3.05) is 31.6 Å². The Morgan fingerprint density at radius 3 is 2.63 bits per heavy atom. The normalized spacial score (nSPS) is 15.4. The van der Waals surface area contributed by atoms with Gasteiger partial charge in [-0.15, -0.1) is 22.7 Å². The second kappa shape index (κ2) is 8.87. The topological polar surface area (TPSA) is 65.4 Å². The first-order chi connectivity index (χ1) is 13.0. The minimum Gasteiger partial charge on any atom is -0.356 e. The number of nitrogens with zero attached hydrogens (tertiary/aromatic N) is 4. The van der Waals surface area contributed by atoms with Gasteiger partial charge in [0.15, 0.2) is 16.8 Å². The summed E-state index contributed by atoms with van der Waals surface area (Å²) in [7, 11) is 1.62. The van der Waals surface area contributed by atoms with Crippen LogP contribution in [0.2, 0.25) is 0 Å². The van der Waals surface area contributed by atoms with E-state index < -0.39 is 11.9 Å². The Hall–Kier alpha value is -1.88. The molecule has 0 saturated carbocycles. The fraction of sp³-hybridized carbons (Fsp3) is 0.562. The van der Waals surface area contributed by atoms with Gasteiger partial charge in [0.1, 0.15) is 5.01 Å². The van der Waals surface area contributed by atoms with Gasteiger partial charge < -0.3 is 15.5 Å². The molecular formula is C16H21F3N6S2. The fourth-order valence-corrected chi connectivity index (χ4v) is 4.33. The number of hydrogen-bond donors (Lipinski definition) is 2. The predicted octanol–water partition coefficient (Wildman–Crippen LogP) is 3.13. The lowest BCUT2D eigenvalue weighted by Gasteiger charge is -2.12. The van der Waals surface area contributed by atoms with Gasteiger partial charge in [-0.2, -0.15) is 13.2 Å². The first-order valence-corrected chi connectivity index (χ1v) is 10.4. The molecule has 3 rings (SSSR count). The van der Waals surface area contributed by atoms with Crippen molar-refractivity contribution in [3.8, 4) is 0 Å². The molecule has 0 atom stereocenters. The number of aliphatic imine (C=N–C) groups is 1. The Morgan fingerprint density at radius 1 is 1.19 bits per heavy atom. The van der Waals surface area contributed by atoms with E-state index in [9.17, 15) is 13.2 Å².